The van der Waals surface area contributed by atoms with E-state index in [4.69, 9.17) is 56.8 Å². The van der Waals surface area contributed by atoms with E-state index in [1.807, 2.05) is 12.1 Å². The van der Waals surface area contributed by atoms with Crippen LogP contribution in [0.4, 0.5) is 47.1 Å². The molecule has 0 unspecified atom stereocenters. The molecule has 0 aliphatic carbocycles. The van der Waals surface area contributed by atoms with Crippen LogP contribution in [0.25, 0.3) is 12.2 Å². The number of aryl methyl sites for hydroxylation is 2. The third-order valence-electron chi connectivity index (χ3n) is 11.0. The highest BCUT2D eigenvalue weighted by Gasteiger charge is 2.11. The fourth-order valence-electron chi connectivity index (χ4n) is 6.85. The van der Waals surface area contributed by atoms with Gasteiger partial charge in [-0.15, -0.1) is 0 Å². The largest absolute Gasteiger partial charge is 0.382 e. The molecule has 0 fully saturated rings. The van der Waals surface area contributed by atoms with E-state index in [-0.39, 0.29) is 0 Å². The zero-order valence-corrected chi connectivity index (χ0v) is 47.0. The lowest BCUT2D eigenvalue weighted by Gasteiger charge is -2.13. The van der Waals surface area contributed by atoms with E-state index in [1.54, 1.807) is 28.4 Å². The van der Waals surface area contributed by atoms with Gasteiger partial charge >= 0.3 is 0 Å². The highest BCUT2D eigenvalue weighted by molar-refractivity contribution is 5.75. The summed E-state index contributed by atoms with van der Waals surface area (Å²) in [5.41, 5.74) is 5.95. The summed E-state index contributed by atoms with van der Waals surface area (Å²) in [5, 5.41) is 20.1. The smallest absolute Gasteiger partial charge is 0.233 e. The molecule has 24 nitrogen and oxygen atoms in total. The van der Waals surface area contributed by atoms with Crippen molar-refractivity contribution in [2.45, 2.75) is 39.5 Å². The zero-order valence-electron chi connectivity index (χ0n) is 47.0. The summed E-state index contributed by atoms with van der Waals surface area (Å²) >= 11 is 0. The summed E-state index contributed by atoms with van der Waals surface area (Å²) in [6.07, 6.45) is 7.26. The SMILES string of the molecule is COCCOCCOCCCNc1nc(NCCCOCCOCCOC)nc(Nc2ccc(C=Cc3ccc(Nc4nc(NCCCOCCOCCOC)nc(NCCCOCCOCCOC)n4)cc3C)c(C)c2)n1. The van der Waals surface area contributed by atoms with Crippen molar-refractivity contribution in [3.8, 4) is 0 Å². The van der Waals surface area contributed by atoms with Crippen LogP contribution in [0.15, 0.2) is 36.4 Å². The molecular weight excluding hydrogens is 1010 g/mol. The van der Waals surface area contributed by atoms with Gasteiger partial charge in [0.05, 0.1) is 106 Å². The number of rotatable bonds is 50. The Labute approximate surface area is 461 Å². The molecule has 0 spiro atoms. The van der Waals surface area contributed by atoms with Gasteiger partial charge in [0.1, 0.15) is 0 Å². The molecular formula is C54H88N12O12. The van der Waals surface area contributed by atoms with E-state index in [0.717, 1.165) is 59.3 Å². The highest BCUT2D eigenvalue weighted by atomic mass is 16.6. The molecule has 0 aliphatic heterocycles. The fraction of sp³-hybridized carbons (Fsp3) is 0.630. The first-order chi connectivity index (χ1) is 38.4. The quantitative estimate of drug-likeness (QED) is 0.0211. The summed E-state index contributed by atoms with van der Waals surface area (Å²) in [7, 11) is 6.60. The first-order valence-electron chi connectivity index (χ1n) is 26.9. The molecule has 24 heteroatoms. The van der Waals surface area contributed by atoms with Crippen LogP contribution in [0.3, 0.4) is 0 Å². The Bertz CT molecular complexity index is 1950. The Hall–Kier alpha value is -5.48. The third-order valence-corrected chi connectivity index (χ3v) is 11.0. The van der Waals surface area contributed by atoms with Gasteiger partial charge in [-0.05, 0) is 86.1 Å². The molecule has 0 bridgehead atoms. The maximum Gasteiger partial charge on any atom is 0.233 e. The Balaban J connectivity index is 1.34. The lowest BCUT2D eigenvalue weighted by molar-refractivity contribution is 0.0248. The van der Waals surface area contributed by atoms with Gasteiger partial charge < -0.3 is 88.7 Å². The number of anilines is 8. The molecule has 4 rings (SSSR count). The maximum atomic E-state index is 5.71. The van der Waals surface area contributed by atoms with Gasteiger partial charge in [-0.2, -0.15) is 29.9 Å². The molecule has 0 aliphatic rings. The second-order valence-electron chi connectivity index (χ2n) is 17.3. The van der Waals surface area contributed by atoms with Crippen LogP contribution >= 0.6 is 0 Å². The van der Waals surface area contributed by atoms with E-state index in [1.165, 1.54) is 0 Å². The molecule has 2 heterocycles. The van der Waals surface area contributed by atoms with Crippen molar-refractivity contribution in [1.82, 2.24) is 29.9 Å². The molecule has 6 N–H and O–H groups in total. The van der Waals surface area contributed by atoms with E-state index >= 15 is 0 Å². The number of nitrogens with one attached hydrogen (secondary N) is 6. The van der Waals surface area contributed by atoms with Gasteiger partial charge in [0.15, 0.2) is 0 Å². The Morgan fingerprint density at radius 2 is 0.564 bits per heavy atom. The molecule has 0 saturated carbocycles. The second kappa shape index (κ2) is 43.4. The minimum absolute atomic E-state index is 0.406. The molecule has 2 aromatic carbocycles. The van der Waals surface area contributed by atoms with Crippen LogP contribution in [0.1, 0.15) is 47.9 Å². The number of ether oxygens (including phenoxy) is 12. The number of aromatic nitrogens is 6. The summed E-state index contributed by atoms with van der Waals surface area (Å²) in [6, 6.07) is 12.3. The summed E-state index contributed by atoms with van der Waals surface area (Å²) < 4.78 is 64.8. The predicted octanol–water partition coefficient (Wildman–Crippen LogP) is 6.26. The van der Waals surface area contributed by atoms with Crippen LogP contribution in [0.5, 0.6) is 0 Å². The van der Waals surface area contributed by atoms with Crippen molar-refractivity contribution in [1.29, 1.82) is 0 Å². The predicted molar refractivity (Wildman–Crippen MR) is 304 cm³/mol. The van der Waals surface area contributed by atoms with E-state index in [9.17, 15) is 0 Å². The van der Waals surface area contributed by atoms with Crippen LogP contribution in [-0.4, -0.2) is 217 Å². The van der Waals surface area contributed by atoms with Gasteiger partial charge in [0.2, 0.25) is 35.7 Å². The van der Waals surface area contributed by atoms with Crippen molar-refractivity contribution < 1.29 is 56.8 Å². The molecule has 0 atom stereocenters. The molecule has 436 valence electrons. The lowest BCUT2D eigenvalue weighted by Crippen LogP contribution is -2.15. The average molecular weight is 1100 g/mol. The van der Waals surface area contributed by atoms with Crippen LogP contribution in [-0.2, 0) is 56.8 Å². The fourth-order valence-corrected chi connectivity index (χ4v) is 6.85. The van der Waals surface area contributed by atoms with Crippen molar-refractivity contribution in [2.24, 2.45) is 0 Å². The molecule has 2 aromatic heterocycles. The number of benzene rings is 2. The minimum atomic E-state index is 0.406. The van der Waals surface area contributed by atoms with Crippen molar-refractivity contribution in [2.75, 3.05) is 219 Å². The highest BCUT2D eigenvalue weighted by Crippen LogP contribution is 2.24. The lowest BCUT2D eigenvalue weighted by atomic mass is 10.0. The van der Waals surface area contributed by atoms with Crippen LogP contribution in [0, 0.1) is 13.8 Å². The van der Waals surface area contributed by atoms with Gasteiger partial charge in [0.25, 0.3) is 0 Å². The van der Waals surface area contributed by atoms with Crippen molar-refractivity contribution in [3.05, 3.63) is 58.7 Å². The zero-order chi connectivity index (χ0) is 55.4. The molecule has 0 saturated heterocycles. The Morgan fingerprint density at radius 3 is 0.821 bits per heavy atom. The minimum Gasteiger partial charge on any atom is -0.382 e. The van der Waals surface area contributed by atoms with E-state index in [0.29, 0.717) is 194 Å². The number of nitrogens with zero attached hydrogens (tertiary/aromatic N) is 6. The van der Waals surface area contributed by atoms with Gasteiger partial charge in [-0.3, -0.25) is 0 Å². The van der Waals surface area contributed by atoms with Crippen molar-refractivity contribution >= 4 is 59.2 Å². The van der Waals surface area contributed by atoms with Crippen LogP contribution in [0.2, 0.25) is 0 Å². The van der Waals surface area contributed by atoms with E-state index < -0.39 is 0 Å². The van der Waals surface area contributed by atoms with Gasteiger partial charge in [0, 0.05) is 92.4 Å². The number of hydrogen-bond acceptors (Lipinski definition) is 24. The Morgan fingerprint density at radius 1 is 0.321 bits per heavy atom. The normalized spacial score (nSPS) is 11.4. The molecule has 4 aromatic rings. The summed E-state index contributed by atoms with van der Waals surface area (Å²) in [6.45, 7) is 17.5. The molecule has 78 heavy (non-hydrogen) atoms. The maximum absolute atomic E-state index is 5.71. The second-order valence-corrected chi connectivity index (χ2v) is 17.3. The standard InChI is InChI=1S/C54H88N12O12/c1-43-41-47(59-53-63-49(55-17-7-21-71-33-37-75-29-25-67-3)61-50(64-53)56-18-8-22-72-34-38-76-30-26-68-4)15-13-45(43)11-12-46-14-16-48(42-44(46)2)60-54-65-51(57-19-9-23-73-35-39-77-31-27-69-5)62-52(66-54)58-20-10-24-74-36-40-78-32-28-70-6/h11-16,41-42H,7-10,17-40H2,1-6H3,(H3,55,56,59,61,63,64)(H3,57,58,60,62,65,66). The molecule has 0 amide bonds. The number of methoxy groups -OCH3 is 4. The number of hydrogen-bond donors (Lipinski definition) is 6. The van der Waals surface area contributed by atoms with Crippen molar-refractivity contribution in [3.63, 3.8) is 0 Å². The first-order valence-corrected chi connectivity index (χ1v) is 26.9. The van der Waals surface area contributed by atoms with Gasteiger partial charge in [-0.25, -0.2) is 0 Å². The van der Waals surface area contributed by atoms with E-state index in [2.05, 4.69) is 112 Å². The third kappa shape index (κ3) is 30.6. The van der Waals surface area contributed by atoms with Gasteiger partial charge in [-0.1, -0.05) is 24.3 Å². The summed E-state index contributed by atoms with van der Waals surface area (Å²) in [4.78, 5) is 28.0. The van der Waals surface area contributed by atoms with Crippen LogP contribution < -0.4 is 31.9 Å². The summed E-state index contributed by atoms with van der Waals surface area (Å²) in [5.74, 6) is 2.59. The first kappa shape index (κ1) is 65.0. The average Bonchev–Trinajstić information content (AvgIpc) is 3.46. The Kier molecular flexibility index (Phi) is 36.2. The topological polar surface area (TPSA) is 260 Å². The molecule has 0 radical (unpaired) electrons. The monoisotopic (exact) mass is 1100 g/mol.